The molecule has 1 aliphatic carbocycles. The lowest BCUT2D eigenvalue weighted by molar-refractivity contribution is 0.499. The van der Waals surface area contributed by atoms with Crippen LogP contribution in [0.15, 0.2) is 0 Å². The van der Waals surface area contributed by atoms with Crippen molar-refractivity contribution in [2.45, 2.75) is 68.5 Å². The van der Waals surface area contributed by atoms with Gasteiger partial charge in [-0.25, -0.2) is 13.1 Å². The van der Waals surface area contributed by atoms with Gasteiger partial charge in [-0.15, -0.1) is 0 Å². The molecule has 96 valence electrons. The Balaban J connectivity index is 2.72. The molecule has 2 unspecified atom stereocenters. The molecule has 1 aliphatic rings. The molecule has 5 heteroatoms. The Morgan fingerprint density at radius 2 is 1.69 bits per heavy atom. The molecule has 0 aromatic rings. The Kier molecular flexibility index (Phi) is 4.84. The third-order valence-corrected chi connectivity index (χ3v) is 6.37. The molecule has 1 fully saturated rings. The maximum Gasteiger partial charge on any atom is 0.216 e. The van der Waals surface area contributed by atoms with Crippen LogP contribution in [0.1, 0.15) is 52.9 Å². The molecule has 2 atom stereocenters. The van der Waals surface area contributed by atoms with E-state index in [0.717, 1.165) is 19.3 Å². The van der Waals surface area contributed by atoms with Gasteiger partial charge in [-0.2, -0.15) is 0 Å². The van der Waals surface area contributed by atoms with Gasteiger partial charge in [0.2, 0.25) is 10.0 Å². The van der Waals surface area contributed by atoms with E-state index in [2.05, 4.69) is 20.7 Å². The Labute approximate surface area is 108 Å². The van der Waals surface area contributed by atoms with E-state index in [1.165, 1.54) is 12.8 Å². The molecule has 0 aliphatic heterocycles. The highest BCUT2D eigenvalue weighted by Crippen LogP contribution is 2.25. The third kappa shape index (κ3) is 3.70. The molecule has 0 bridgehead atoms. The molecule has 0 aromatic heterocycles. The van der Waals surface area contributed by atoms with Gasteiger partial charge in [-0.05, 0) is 33.6 Å². The largest absolute Gasteiger partial charge is 0.216 e. The maximum absolute atomic E-state index is 12.0. The van der Waals surface area contributed by atoms with Crippen molar-refractivity contribution in [3.63, 3.8) is 0 Å². The molecule has 1 rings (SSSR count). The topological polar surface area (TPSA) is 46.2 Å². The molecule has 16 heavy (non-hydrogen) atoms. The van der Waals surface area contributed by atoms with E-state index in [9.17, 15) is 8.42 Å². The molecule has 0 spiro atoms. The van der Waals surface area contributed by atoms with Gasteiger partial charge in [0.25, 0.3) is 0 Å². The van der Waals surface area contributed by atoms with Crippen LogP contribution in [0.5, 0.6) is 0 Å². The molecule has 3 nitrogen and oxygen atoms in total. The molecule has 1 N–H and O–H groups in total. The van der Waals surface area contributed by atoms with E-state index in [0.29, 0.717) is 0 Å². The lowest BCUT2D eigenvalue weighted by Crippen LogP contribution is -2.47. The summed E-state index contributed by atoms with van der Waals surface area (Å²) in [6.07, 6.45) is 5.49. The molecular weight excluding hydrogens is 290 g/mol. The highest BCUT2D eigenvalue weighted by Gasteiger charge is 2.33. The number of sulfonamides is 1. The summed E-state index contributed by atoms with van der Waals surface area (Å²) >= 11 is 3.60. The van der Waals surface area contributed by atoms with Gasteiger partial charge in [-0.3, -0.25) is 0 Å². The zero-order chi connectivity index (χ0) is 12.4. The van der Waals surface area contributed by atoms with Crippen molar-refractivity contribution in [3.8, 4) is 0 Å². The monoisotopic (exact) mass is 311 g/mol. The van der Waals surface area contributed by atoms with Crippen molar-refractivity contribution in [1.29, 1.82) is 0 Å². The molecule has 0 amide bonds. The Morgan fingerprint density at radius 1 is 1.12 bits per heavy atom. The summed E-state index contributed by atoms with van der Waals surface area (Å²) in [5, 5.41) is 0. The van der Waals surface area contributed by atoms with Crippen LogP contribution in [0.25, 0.3) is 0 Å². The fourth-order valence-electron chi connectivity index (χ4n) is 1.77. The first-order chi connectivity index (χ1) is 7.24. The normalized spacial score (nSPS) is 28.8. The second-order valence-corrected chi connectivity index (χ2v) is 9.14. The van der Waals surface area contributed by atoms with Gasteiger partial charge in [0.05, 0.1) is 4.75 Å². The molecule has 0 saturated heterocycles. The molecular formula is C11H22BrNO2S. The zero-order valence-electron chi connectivity index (χ0n) is 10.3. The van der Waals surface area contributed by atoms with Crippen LogP contribution in [0.3, 0.4) is 0 Å². The van der Waals surface area contributed by atoms with Crippen molar-refractivity contribution < 1.29 is 8.42 Å². The van der Waals surface area contributed by atoms with Crippen molar-refractivity contribution in [1.82, 2.24) is 4.72 Å². The Hall–Kier alpha value is 0.390. The van der Waals surface area contributed by atoms with Crippen molar-refractivity contribution in [2.75, 3.05) is 0 Å². The van der Waals surface area contributed by atoms with Crippen molar-refractivity contribution in [2.24, 2.45) is 0 Å². The summed E-state index contributed by atoms with van der Waals surface area (Å²) in [7, 11) is -3.23. The van der Waals surface area contributed by atoms with Crippen LogP contribution >= 0.6 is 15.9 Å². The number of nitrogens with one attached hydrogen (secondary N) is 1. The minimum Gasteiger partial charge on any atom is -0.212 e. The first kappa shape index (κ1) is 14.5. The standard InChI is InChI=1S/C11H22BrNO2S/c1-11(2,3)16(14,15)13-10-8-6-4-5-7-9(10)12/h9-10,13H,4-8H2,1-3H3. The number of alkyl halides is 1. The lowest BCUT2D eigenvalue weighted by Gasteiger charge is -2.27. The van der Waals surface area contributed by atoms with Crippen LogP contribution in [0.4, 0.5) is 0 Å². The quantitative estimate of drug-likeness (QED) is 0.629. The first-order valence-electron chi connectivity index (χ1n) is 5.90. The zero-order valence-corrected chi connectivity index (χ0v) is 12.7. The Bertz CT molecular complexity index is 321. The predicted molar refractivity (Wildman–Crippen MR) is 71.4 cm³/mol. The van der Waals surface area contributed by atoms with E-state index in [-0.39, 0.29) is 10.9 Å². The lowest BCUT2D eigenvalue weighted by atomic mass is 10.1. The second kappa shape index (κ2) is 5.36. The first-order valence-corrected chi connectivity index (χ1v) is 8.30. The third-order valence-electron chi connectivity index (χ3n) is 3.04. The van der Waals surface area contributed by atoms with E-state index in [1.807, 2.05) is 0 Å². The fraction of sp³-hybridized carbons (Fsp3) is 1.00. The summed E-state index contributed by atoms with van der Waals surface area (Å²) in [5.41, 5.74) is 0. The van der Waals surface area contributed by atoms with Gasteiger partial charge in [0, 0.05) is 10.9 Å². The van der Waals surface area contributed by atoms with Crippen molar-refractivity contribution in [3.05, 3.63) is 0 Å². The molecule has 0 heterocycles. The van der Waals surface area contributed by atoms with E-state index >= 15 is 0 Å². The van der Waals surface area contributed by atoms with Gasteiger partial charge in [0.15, 0.2) is 0 Å². The van der Waals surface area contributed by atoms with Gasteiger partial charge in [-0.1, -0.05) is 35.2 Å². The van der Waals surface area contributed by atoms with Gasteiger partial charge in [0.1, 0.15) is 0 Å². The summed E-state index contributed by atoms with van der Waals surface area (Å²) in [6, 6.07) is 0.0479. The molecule has 0 aromatic carbocycles. The molecule has 1 saturated carbocycles. The van der Waals surface area contributed by atoms with Gasteiger partial charge < -0.3 is 0 Å². The van der Waals surface area contributed by atoms with Gasteiger partial charge >= 0.3 is 0 Å². The second-order valence-electron chi connectivity index (χ2n) is 5.49. The highest BCUT2D eigenvalue weighted by molar-refractivity contribution is 9.09. The summed E-state index contributed by atoms with van der Waals surface area (Å²) in [4.78, 5) is 0.270. The average molecular weight is 312 g/mol. The minimum atomic E-state index is -3.23. The van der Waals surface area contributed by atoms with E-state index in [4.69, 9.17) is 0 Å². The predicted octanol–water partition coefficient (Wildman–Crippen LogP) is 2.80. The highest BCUT2D eigenvalue weighted by atomic mass is 79.9. The number of hydrogen-bond acceptors (Lipinski definition) is 2. The maximum atomic E-state index is 12.0. The molecule has 0 radical (unpaired) electrons. The average Bonchev–Trinajstić information content (AvgIpc) is 2.30. The summed E-state index contributed by atoms with van der Waals surface area (Å²) in [6.45, 7) is 5.19. The van der Waals surface area contributed by atoms with Crippen LogP contribution in [-0.2, 0) is 10.0 Å². The van der Waals surface area contributed by atoms with Crippen LogP contribution in [0.2, 0.25) is 0 Å². The summed E-state index contributed by atoms with van der Waals surface area (Å²) in [5.74, 6) is 0. The Morgan fingerprint density at radius 3 is 2.25 bits per heavy atom. The SMILES string of the molecule is CC(C)(C)S(=O)(=O)NC1CCCCCC1Br. The van der Waals surface area contributed by atoms with E-state index < -0.39 is 14.8 Å². The number of rotatable bonds is 2. The summed E-state index contributed by atoms with van der Waals surface area (Å²) < 4.78 is 26.2. The number of halogens is 1. The minimum absolute atomic E-state index is 0.0479. The van der Waals surface area contributed by atoms with Crippen LogP contribution in [0, 0.1) is 0 Å². The van der Waals surface area contributed by atoms with Crippen LogP contribution in [-0.4, -0.2) is 24.0 Å². The van der Waals surface area contributed by atoms with E-state index in [1.54, 1.807) is 20.8 Å². The van der Waals surface area contributed by atoms with Crippen molar-refractivity contribution >= 4 is 26.0 Å². The van der Waals surface area contributed by atoms with Crippen LogP contribution < -0.4 is 4.72 Å². The number of hydrogen-bond donors (Lipinski definition) is 1. The fourth-order valence-corrected chi connectivity index (χ4v) is 3.70. The smallest absolute Gasteiger partial charge is 0.212 e.